The van der Waals surface area contributed by atoms with E-state index in [1.165, 1.54) is 44.2 Å². The highest BCUT2D eigenvalue weighted by Gasteiger charge is 2.10. The number of unbranched alkanes of at least 4 members (excludes halogenated alkanes) is 4. The fourth-order valence-corrected chi connectivity index (χ4v) is 1.66. The summed E-state index contributed by atoms with van der Waals surface area (Å²) >= 11 is 0. The van der Waals surface area contributed by atoms with E-state index in [9.17, 15) is 9.59 Å². The quantitative estimate of drug-likeness (QED) is 0.783. The topological polar surface area (TPSA) is 106 Å². The van der Waals surface area contributed by atoms with Gasteiger partial charge in [0, 0.05) is 0 Å². The summed E-state index contributed by atoms with van der Waals surface area (Å²) in [6.07, 6.45) is 7.01. The van der Waals surface area contributed by atoms with Crippen LogP contribution in [0.15, 0.2) is 18.2 Å². The summed E-state index contributed by atoms with van der Waals surface area (Å²) in [4.78, 5) is 21.1. The van der Waals surface area contributed by atoms with Gasteiger partial charge in [-0.2, -0.15) is 0 Å². The second-order valence-electron chi connectivity index (χ2n) is 4.70. The monoisotopic (exact) mass is 298 g/mol. The fourth-order valence-electron chi connectivity index (χ4n) is 1.66. The SMILES string of the molecule is CCCCCCC.Cc1ccc(C(=O)O)cc1C(=O)O.O. The van der Waals surface area contributed by atoms with Crippen LogP contribution in [0.25, 0.3) is 0 Å². The molecule has 0 saturated heterocycles. The maximum atomic E-state index is 10.6. The smallest absolute Gasteiger partial charge is 0.335 e. The van der Waals surface area contributed by atoms with Gasteiger partial charge in [0.2, 0.25) is 0 Å². The molecule has 0 aromatic heterocycles. The summed E-state index contributed by atoms with van der Waals surface area (Å²) in [5, 5.41) is 17.3. The molecule has 0 aliphatic heterocycles. The Kier molecular flexibility index (Phi) is 12.1. The third kappa shape index (κ3) is 8.81. The van der Waals surface area contributed by atoms with Gasteiger partial charge in [-0.15, -0.1) is 0 Å². The summed E-state index contributed by atoms with van der Waals surface area (Å²) in [5.41, 5.74) is 0.570. The molecule has 0 aliphatic rings. The van der Waals surface area contributed by atoms with Crippen molar-refractivity contribution in [2.45, 2.75) is 52.9 Å². The second kappa shape index (κ2) is 11.9. The van der Waals surface area contributed by atoms with Gasteiger partial charge in [-0.3, -0.25) is 0 Å². The van der Waals surface area contributed by atoms with E-state index < -0.39 is 11.9 Å². The van der Waals surface area contributed by atoms with E-state index in [4.69, 9.17) is 10.2 Å². The van der Waals surface area contributed by atoms with Crippen molar-refractivity contribution >= 4 is 11.9 Å². The van der Waals surface area contributed by atoms with E-state index in [0.29, 0.717) is 5.56 Å². The molecule has 0 fully saturated rings. The predicted octanol–water partition coefficient (Wildman–Crippen LogP) is 3.54. The molecule has 120 valence electrons. The lowest BCUT2D eigenvalue weighted by Gasteiger charge is -2.01. The van der Waals surface area contributed by atoms with Gasteiger partial charge in [-0.05, 0) is 24.6 Å². The molecule has 1 rings (SSSR count). The highest BCUT2D eigenvalue weighted by atomic mass is 16.4. The van der Waals surface area contributed by atoms with Crippen LogP contribution in [0.3, 0.4) is 0 Å². The Balaban J connectivity index is 0. The molecular formula is C16H26O5. The first-order valence-electron chi connectivity index (χ1n) is 7.01. The molecule has 1 aromatic rings. The highest BCUT2D eigenvalue weighted by Crippen LogP contribution is 2.11. The van der Waals surface area contributed by atoms with Crippen LogP contribution < -0.4 is 0 Å². The number of carboxylic acid groups (broad SMARTS) is 2. The van der Waals surface area contributed by atoms with Crippen LogP contribution in [0.2, 0.25) is 0 Å². The molecule has 5 nitrogen and oxygen atoms in total. The summed E-state index contributed by atoms with van der Waals surface area (Å²) in [5.74, 6) is -2.23. The zero-order valence-electron chi connectivity index (χ0n) is 13.0. The van der Waals surface area contributed by atoms with Gasteiger partial charge in [0.25, 0.3) is 0 Å². The van der Waals surface area contributed by atoms with E-state index in [1.54, 1.807) is 6.92 Å². The van der Waals surface area contributed by atoms with Crippen molar-refractivity contribution in [2.75, 3.05) is 0 Å². The van der Waals surface area contributed by atoms with Gasteiger partial charge < -0.3 is 15.7 Å². The maximum Gasteiger partial charge on any atom is 0.335 e. The minimum absolute atomic E-state index is 0. The fraction of sp³-hybridized carbons (Fsp3) is 0.500. The molecule has 5 heteroatoms. The molecule has 0 aliphatic carbocycles. The third-order valence-corrected chi connectivity index (χ3v) is 2.92. The number of hydrogen-bond acceptors (Lipinski definition) is 2. The Hall–Kier alpha value is -1.88. The van der Waals surface area contributed by atoms with Gasteiger partial charge in [-0.25, -0.2) is 9.59 Å². The van der Waals surface area contributed by atoms with Gasteiger partial charge >= 0.3 is 11.9 Å². The van der Waals surface area contributed by atoms with Crippen LogP contribution in [0.5, 0.6) is 0 Å². The minimum atomic E-state index is -1.12. The Morgan fingerprint density at radius 3 is 1.86 bits per heavy atom. The van der Waals surface area contributed by atoms with Crippen molar-refractivity contribution in [1.82, 2.24) is 0 Å². The van der Waals surface area contributed by atoms with E-state index >= 15 is 0 Å². The van der Waals surface area contributed by atoms with Crippen LogP contribution >= 0.6 is 0 Å². The minimum Gasteiger partial charge on any atom is -0.478 e. The Labute approximate surface area is 125 Å². The molecule has 21 heavy (non-hydrogen) atoms. The van der Waals surface area contributed by atoms with Crippen LogP contribution in [0.1, 0.15) is 72.2 Å². The molecule has 0 unspecified atom stereocenters. The highest BCUT2D eigenvalue weighted by molar-refractivity contribution is 5.94. The van der Waals surface area contributed by atoms with Crippen molar-refractivity contribution in [3.63, 3.8) is 0 Å². The summed E-state index contributed by atoms with van der Waals surface area (Å²) in [6, 6.07) is 4.01. The number of hydrogen-bond donors (Lipinski definition) is 2. The predicted molar refractivity (Wildman–Crippen MR) is 83.1 cm³/mol. The lowest BCUT2D eigenvalue weighted by atomic mass is 10.1. The number of aromatic carboxylic acids is 2. The van der Waals surface area contributed by atoms with E-state index in [0.717, 1.165) is 6.07 Å². The van der Waals surface area contributed by atoms with Gasteiger partial charge in [0.1, 0.15) is 0 Å². The van der Waals surface area contributed by atoms with Crippen molar-refractivity contribution in [1.29, 1.82) is 0 Å². The number of carbonyl (C=O) groups is 2. The molecule has 0 saturated carbocycles. The zero-order valence-corrected chi connectivity index (χ0v) is 13.0. The average Bonchev–Trinajstić information content (AvgIpc) is 2.40. The van der Waals surface area contributed by atoms with Gasteiger partial charge in [0.05, 0.1) is 11.1 Å². The first-order chi connectivity index (χ1) is 9.43. The molecule has 0 radical (unpaired) electrons. The molecule has 0 bridgehead atoms. The van der Waals surface area contributed by atoms with E-state index in [-0.39, 0.29) is 16.6 Å². The summed E-state index contributed by atoms with van der Waals surface area (Å²) in [6.45, 7) is 6.11. The number of carboxylic acids is 2. The van der Waals surface area contributed by atoms with Gasteiger partial charge in [0.15, 0.2) is 0 Å². The van der Waals surface area contributed by atoms with Crippen molar-refractivity contribution in [2.24, 2.45) is 0 Å². The molecule has 0 atom stereocenters. The molecule has 4 N–H and O–H groups in total. The van der Waals surface area contributed by atoms with Crippen molar-refractivity contribution in [3.8, 4) is 0 Å². The number of aryl methyl sites for hydroxylation is 1. The van der Waals surface area contributed by atoms with Gasteiger partial charge in [-0.1, -0.05) is 52.0 Å². The lowest BCUT2D eigenvalue weighted by Crippen LogP contribution is -2.03. The Bertz CT molecular complexity index is 436. The van der Waals surface area contributed by atoms with Crippen molar-refractivity contribution in [3.05, 3.63) is 34.9 Å². The van der Waals surface area contributed by atoms with Crippen molar-refractivity contribution < 1.29 is 25.3 Å². The Morgan fingerprint density at radius 1 is 0.952 bits per heavy atom. The van der Waals surface area contributed by atoms with Crippen LogP contribution in [-0.2, 0) is 0 Å². The van der Waals surface area contributed by atoms with Crippen LogP contribution in [0, 0.1) is 6.92 Å². The summed E-state index contributed by atoms with van der Waals surface area (Å²) in [7, 11) is 0. The first-order valence-corrected chi connectivity index (χ1v) is 7.01. The lowest BCUT2D eigenvalue weighted by molar-refractivity contribution is 0.0695. The zero-order chi connectivity index (χ0) is 15.5. The number of rotatable bonds is 6. The largest absolute Gasteiger partial charge is 0.478 e. The number of benzene rings is 1. The standard InChI is InChI=1S/C9H8O4.C7H16.H2O/c1-5-2-3-6(8(10)11)4-7(5)9(12)13;1-3-5-7-6-4-2;/h2-4H,1H3,(H,10,11)(H,12,13);3-7H2,1-2H3;1H2. The van der Waals surface area contributed by atoms with Crippen LogP contribution in [0.4, 0.5) is 0 Å². The van der Waals surface area contributed by atoms with E-state index in [2.05, 4.69) is 13.8 Å². The third-order valence-electron chi connectivity index (χ3n) is 2.92. The molecule has 0 spiro atoms. The molecule has 0 heterocycles. The maximum absolute atomic E-state index is 10.6. The average molecular weight is 298 g/mol. The Morgan fingerprint density at radius 2 is 1.48 bits per heavy atom. The molecular weight excluding hydrogens is 272 g/mol. The van der Waals surface area contributed by atoms with E-state index in [1.807, 2.05) is 0 Å². The van der Waals surface area contributed by atoms with Crippen LogP contribution in [-0.4, -0.2) is 27.6 Å². The first kappa shape index (κ1) is 21.4. The second-order valence-corrected chi connectivity index (χ2v) is 4.70. The molecule has 0 amide bonds. The summed E-state index contributed by atoms with van der Waals surface area (Å²) < 4.78 is 0. The molecule has 1 aromatic carbocycles. The normalized spacial score (nSPS) is 9.10.